The third-order valence-corrected chi connectivity index (χ3v) is 5.55. The Morgan fingerprint density at radius 2 is 1.47 bits per heavy atom. The summed E-state index contributed by atoms with van der Waals surface area (Å²) in [6.07, 6.45) is 0. The molecule has 34 heavy (non-hydrogen) atoms. The number of furan rings is 1. The van der Waals surface area contributed by atoms with Crippen molar-refractivity contribution in [3.05, 3.63) is 71.5 Å². The number of hydrogen-bond acceptors (Lipinski definition) is 6. The second-order valence-corrected chi connectivity index (χ2v) is 7.82. The van der Waals surface area contributed by atoms with Gasteiger partial charge in [-0.05, 0) is 87.4 Å². The van der Waals surface area contributed by atoms with Crippen molar-refractivity contribution in [1.82, 2.24) is 0 Å². The number of benzene rings is 2. The molecular weight excluding hydrogens is 430 g/mol. The highest BCUT2D eigenvalue weighted by Crippen LogP contribution is 2.36. The van der Waals surface area contributed by atoms with Crippen LogP contribution >= 0.6 is 0 Å². The Labute approximate surface area is 199 Å². The molecular formula is C28H29NO5. The highest BCUT2D eigenvalue weighted by molar-refractivity contribution is 5.93. The lowest BCUT2D eigenvalue weighted by molar-refractivity contribution is 0.340. The van der Waals surface area contributed by atoms with Crippen molar-refractivity contribution in [1.29, 1.82) is 0 Å². The molecule has 0 bridgehead atoms. The van der Waals surface area contributed by atoms with Crippen LogP contribution < -0.4 is 19.6 Å². The Bertz CT molecular complexity index is 1390. The summed E-state index contributed by atoms with van der Waals surface area (Å²) < 4.78 is 23.0. The number of phenols is 1. The smallest absolute Gasteiger partial charge is 0.161 e. The first-order valence-corrected chi connectivity index (χ1v) is 11.3. The second-order valence-electron chi connectivity index (χ2n) is 7.82. The highest BCUT2D eigenvalue weighted by Gasteiger charge is 2.16. The molecule has 4 rings (SSSR count). The first-order chi connectivity index (χ1) is 16.4. The lowest BCUT2D eigenvalue weighted by Gasteiger charge is -2.07. The monoisotopic (exact) mass is 459 g/mol. The zero-order valence-corrected chi connectivity index (χ0v) is 20.1. The molecule has 6 nitrogen and oxygen atoms in total. The summed E-state index contributed by atoms with van der Waals surface area (Å²) in [6, 6.07) is 16.9. The Balaban J connectivity index is 2.05. The van der Waals surface area contributed by atoms with Crippen LogP contribution in [0.25, 0.3) is 21.9 Å². The Morgan fingerprint density at radius 3 is 2.15 bits per heavy atom. The van der Waals surface area contributed by atoms with E-state index in [1.54, 1.807) is 12.1 Å². The molecule has 0 spiro atoms. The summed E-state index contributed by atoms with van der Waals surface area (Å²) in [4.78, 5) is 4.98. The van der Waals surface area contributed by atoms with Crippen molar-refractivity contribution in [2.75, 3.05) is 20.3 Å². The molecule has 0 saturated heterocycles. The standard InChI is InChI=1S/C28H29NO5/c1-6-32-22-11-9-21(10-12-22)29-23-14-20(19-8-13-24(30)25(15-19)31-5)16-26(33-7-2)28-18(4)34-17(3)27(23)28/h8-16,30H,6-7H2,1-5H3. The van der Waals surface area contributed by atoms with Crippen molar-refractivity contribution in [2.24, 2.45) is 4.99 Å². The summed E-state index contributed by atoms with van der Waals surface area (Å²) in [5.41, 5.74) is 2.53. The number of aromatic hydroxyl groups is 1. The summed E-state index contributed by atoms with van der Waals surface area (Å²) in [5.74, 6) is 3.53. The molecule has 0 saturated carbocycles. The van der Waals surface area contributed by atoms with E-state index in [0.29, 0.717) is 24.7 Å². The summed E-state index contributed by atoms with van der Waals surface area (Å²) >= 11 is 0. The molecule has 0 unspecified atom stereocenters. The van der Waals surface area contributed by atoms with E-state index in [1.165, 1.54) is 7.11 Å². The van der Waals surface area contributed by atoms with Crippen LogP contribution in [0, 0.1) is 13.8 Å². The maximum Gasteiger partial charge on any atom is 0.161 e. The maximum atomic E-state index is 10.1. The largest absolute Gasteiger partial charge is 0.504 e. The van der Waals surface area contributed by atoms with Crippen LogP contribution in [-0.4, -0.2) is 25.4 Å². The van der Waals surface area contributed by atoms with Crippen molar-refractivity contribution >= 4 is 16.5 Å². The van der Waals surface area contributed by atoms with Crippen molar-refractivity contribution in [3.63, 3.8) is 0 Å². The van der Waals surface area contributed by atoms with E-state index in [0.717, 1.165) is 50.2 Å². The predicted octanol–water partition coefficient (Wildman–Crippen LogP) is 6.46. The molecule has 3 aromatic carbocycles. The molecule has 6 heteroatoms. The van der Waals surface area contributed by atoms with Gasteiger partial charge in [-0.3, -0.25) is 0 Å². The molecule has 1 N–H and O–H groups in total. The first kappa shape index (κ1) is 23.2. The topological polar surface area (TPSA) is 73.4 Å². The van der Waals surface area contributed by atoms with Gasteiger partial charge in [-0.2, -0.15) is 0 Å². The SMILES string of the molecule is CCOc1ccc(N=c2cc(-c3ccc(O)c(OC)c3)cc(OCC)c3c(C)oc(C)c23)cc1. The number of phenolic OH excluding ortho intramolecular Hbond substituents is 1. The zero-order chi connectivity index (χ0) is 24.2. The average Bonchev–Trinajstić information content (AvgIpc) is 3.02. The third-order valence-electron chi connectivity index (χ3n) is 5.55. The summed E-state index contributed by atoms with van der Waals surface area (Å²) in [5, 5.41) is 12.6. The fourth-order valence-electron chi connectivity index (χ4n) is 4.07. The van der Waals surface area contributed by atoms with Crippen LogP contribution in [0.5, 0.6) is 23.0 Å². The molecule has 4 aromatic rings. The van der Waals surface area contributed by atoms with Gasteiger partial charge < -0.3 is 23.7 Å². The molecule has 0 aliphatic heterocycles. The number of rotatable bonds is 7. The number of aryl methyl sites for hydroxylation is 2. The summed E-state index contributed by atoms with van der Waals surface area (Å²) in [7, 11) is 1.53. The number of nitrogens with zero attached hydrogens (tertiary/aromatic N) is 1. The van der Waals surface area contributed by atoms with Gasteiger partial charge in [0.15, 0.2) is 11.5 Å². The quantitative estimate of drug-likeness (QED) is 0.343. The Morgan fingerprint density at radius 1 is 0.794 bits per heavy atom. The maximum absolute atomic E-state index is 10.1. The normalized spacial score (nSPS) is 11.6. The van der Waals surface area contributed by atoms with E-state index >= 15 is 0 Å². The molecule has 0 amide bonds. The molecule has 176 valence electrons. The summed E-state index contributed by atoms with van der Waals surface area (Å²) in [6.45, 7) is 8.90. The minimum Gasteiger partial charge on any atom is -0.504 e. The van der Waals surface area contributed by atoms with Crippen LogP contribution in [0.1, 0.15) is 25.4 Å². The van der Waals surface area contributed by atoms with Gasteiger partial charge in [0, 0.05) is 0 Å². The fraction of sp³-hybridized carbons (Fsp3) is 0.250. The van der Waals surface area contributed by atoms with Gasteiger partial charge >= 0.3 is 0 Å². The van der Waals surface area contributed by atoms with E-state index < -0.39 is 0 Å². The number of fused-ring (bicyclic) bond motifs is 1. The van der Waals surface area contributed by atoms with Crippen LogP contribution in [0.4, 0.5) is 5.69 Å². The third kappa shape index (κ3) is 4.57. The van der Waals surface area contributed by atoms with Crippen LogP contribution in [0.3, 0.4) is 0 Å². The van der Waals surface area contributed by atoms with Crippen molar-refractivity contribution in [3.8, 4) is 34.1 Å². The lowest BCUT2D eigenvalue weighted by Crippen LogP contribution is -2.00. The van der Waals surface area contributed by atoms with E-state index in [1.807, 2.05) is 70.2 Å². The van der Waals surface area contributed by atoms with Gasteiger partial charge in [-0.15, -0.1) is 0 Å². The molecule has 0 aliphatic rings. The molecule has 0 aliphatic carbocycles. The van der Waals surface area contributed by atoms with Gasteiger partial charge in [0.05, 0.1) is 42.1 Å². The molecule has 1 heterocycles. The molecule has 1 aromatic heterocycles. The van der Waals surface area contributed by atoms with Crippen molar-refractivity contribution < 1.29 is 23.7 Å². The van der Waals surface area contributed by atoms with E-state index in [-0.39, 0.29) is 5.75 Å². The highest BCUT2D eigenvalue weighted by atomic mass is 16.5. The molecule has 0 radical (unpaired) electrons. The first-order valence-electron chi connectivity index (χ1n) is 11.3. The van der Waals surface area contributed by atoms with Gasteiger partial charge in [0.1, 0.15) is 23.0 Å². The average molecular weight is 460 g/mol. The van der Waals surface area contributed by atoms with Gasteiger partial charge in [-0.1, -0.05) is 6.07 Å². The molecule has 0 fully saturated rings. The van der Waals surface area contributed by atoms with E-state index in [4.69, 9.17) is 23.6 Å². The van der Waals surface area contributed by atoms with E-state index in [9.17, 15) is 5.11 Å². The minimum atomic E-state index is 0.0835. The van der Waals surface area contributed by atoms with Crippen LogP contribution in [0.15, 0.2) is 64.0 Å². The second kappa shape index (κ2) is 9.91. The van der Waals surface area contributed by atoms with Gasteiger partial charge in [0.2, 0.25) is 0 Å². The van der Waals surface area contributed by atoms with Crippen LogP contribution in [-0.2, 0) is 0 Å². The Hall–Kier alpha value is -3.93. The number of methoxy groups -OCH3 is 1. The van der Waals surface area contributed by atoms with Gasteiger partial charge in [-0.25, -0.2) is 4.99 Å². The number of ether oxygens (including phenoxy) is 3. The molecule has 0 atom stereocenters. The number of hydrogen-bond donors (Lipinski definition) is 1. The minimum absolute atomic E-state index is 0.0835. The van der Waals surface area contributed by atoms with Crippen molar-refractivity contribution in [2.45, 2.75) is 27.7 Å². The van der Waals surface area contributed by atoms with Gasteiger partial charge in [0.25, 0.3) is 0 Å². The van der Waals surface area contributed by atoms with E-state index in [2.05, 4.69) is 0 Å². The predicted molar refractivity (Wildman–Crippen MR) is 133 cm³/mol. The zero-order valence-electron chi connectivity index (χ0n) is 20.1. The Kier molecular flexibility index (Phi) is 6.77. The lowest BCUT2D eigenvalue weighted by atomic mass is 10.1. The fourth-order valence-corrected chi connectivity index (χ4v) is 4.07. The van der Waals surface area contributed by atoms with Crippen LogP contribution in [0.2, 0.25) is 0 Å².